The monoisotopic (exact) mass is 448 g/mol. The average Bonchev–Trinajstić information content (AvgIpc) is 2.75. The van der Waals surface area contributed by atoms with Crippen molar-refractivity contribution in [1.29, 1.82) is 0 Å². The van der Waals surface area contributed by atoms with Crippen LogP contribution in [0.5, 0.6) is 23.0 Å². The summed E-state index contributed by atoms with van der Waals surface area (Å²) in [6.45, 7) is -0.643. The number of phenolic OH excluding ortho intramolecular Hbond substituents is 3. The van der Waals surface area contributed by atoms with E-state index in [9.17, 15) is 40.5 Å². The second kappa shape index (κ2) is 8.30. The zero-order valence-corrected chi connectivity index (χ0v) is 16.3. The first kappa shape index (κ1) is 21.9. The standard InChI is InChI=1S/C21H20O11/c22-6-15-18(27)19(28)20(29)21(32-15)31-9-4-13(25)16-14(5-9)30-7-11(17(16)26)10-2-1-8(23)3-12(10)24/h1-5,7,15,18-25,27-29H,6H2/t15-,18-,19-,20-,21-/m0/s1. The van der Waals surface area contributed by atoms with E-state index in [1.165, 1.54) is 18.2 Å². The maximum atomic E-state index is 12.9. The van der Waals surface area contributed by atoms with Crippen molar-refractivity contribution in [2.45, 2.75) is 30.7 Å². The maximum Gasteiger partial charge on any atom is 0.229 e. The lowest BCUT2D eigenvalue weighted by molar-refractivity contribution is -0.277. The minimum atomic E-state index is -1.67. The van der Waals surface area contributed by atoms with Crippen LogP contribution in [0.1, 0.15) is 0 Å². The summed E-state index contributed by atoms with van der Waals surface area (Å²) < 4.78 is 16.1. The predicted octanol–water partition coefficient (Wildman–Crippen LogP) is -0.245. The molecule has 5 atom stereocenters. The quantitative estimate of drug-likeness (QED) is 0.279. The van der Waals surface area contributed by atoms with Crippen molar-refractivity contribution in [2.24, 2.45) is 0 Å². The van der Waals surface area contributed by atoms with Crippen molar-refractivity contribution in [3.05, 3.63) is 46.8 Å². The lowest BCUT2D eigenvalue weighted by Crippen LogP contribution is -2.60. The van der Waals surface area contributed by atoms with Crippen LogP contribution >= 0.6 is 0 Å². The molecule has 1 aliphatic heterocycles. The number of phenols is 3. The Morgan fingerprint density at radius 2 is 1.66 bits per heavy atom. The highest BCUT2D eigenvalue weighted by Crippen LogP contribution is 2.35. The summed E-state index contributed by atoms with van der Waals surface area (Å²) in [5.74, 6) is -1.19. The number of aliphatic hydroxyl groups excluding tert-OH is 4. The van der Waals surface area contributed by atoms with Gasteiger partial charge in [-0.3, -0.25) is 4.79 Å². The van der Waals surface area contributed by atoms with Gasteiger partial charge in [-0.2, -0.15) is 0 Å². The van der Waals surface area contributed by atoms with E-state index in [0.29, 0.717) is 0 Å². The molecule has 3 aromatic rings. The number of benzene rings is 2. The minimum absolute atomic E-state index is 0.0621. The zero-order valence-electron chi connectivity index (χ0n) is 16.3. The van der Waals surface area contributed by atoms with Crippen molar-refractivity contribution < 1.29 is 49.6 Å². The van der Waals surface area contributed by atoms with E-state index in [0.717, 1.165) is 18.4 Å². The number of aromatic hydroxyl groups is 3. The SMILES string of the molecule is O=c1c(-c2ccc(O)cc2O)coc2cc(O[C@H]3O[C@@H](CO)[C@H](O)[C@H](O)[C@@H]3O)cc(O)c12. The van der Waals surface area contributed by atoms with E-state index < -0.39 is 48.5 Å². The highest BCUT2D eigenvalue weighted by Gasteiger charge is 2.44. The number of fused-ring (bicyclic) bond motifs is 1. The molecule has 0 amide bonds. The van der Waals surface area contributed by atoms with Crippen LogP contribution in [0.2, 0.25) is 0 Å². The first-order chi connectivity index (χ1) is 15.2. The summed E-state index contributed by atoms with van der Waals surface area (Å²) in [5.41, 5.74) is -0.729. The Labute approximate surface area is 179 Å². The summed E-state index contributed by atoms with van der Waals surface area (Å²) in [6.07, 6.45) is -6.51. The molecule has 11 heteroatoms. The van der Waals surface area contributed by atoms with Gasteiger partial charge in [-0.1, -0.05) is 0 Å². The summed E-state index contributed by atoms with van der Waals surface area (Å²) in [4.78, 5) is 12.9. The van der Waals surface area contributed by atoms with Gasteiger partial charge in [-0.25, -0.2) is 0 Å². The van der Waals surface area contributed by atoms with Crippen molar-refractivity contribution >= 4 is 11.0 Å². The molecular formula is C21H20O11. The molecule has 170 valence electrons. The van der Waals surface area contributed by atoms with Gasteiger partial charge in [0, 0.05) is 23.8 Å². The van der Waals surface area contributed by atoms with Gasteiger partial charge in [-0.05, 0) is 12.1 Å². The number of hydrogen-bond acceptors (Lipinski definition) is 11. The van der Waals surface area contributed by atoms with Crippen molar-refractivity contribution in [1.82, 2.24) is 0 Å². The van der Waals surface area contributed by atoms with Crippen LogP contribution in [-0.4, -0.2) is 73.1 Å². The van der Waals surface area contributed by atoms with Gasteiger partial charge in [0.1, 0.15) is 64.6 Å². The number of rotatable bonds is 4. The first-order valence-electron chi connectivity index (χ1n) is 9.49. The van der Waals surface area contributed by atoms with Gasteiger partial charge in [0.25, 0.3) is 0 Å². The molecule has 0 unspecified atom stereocenters. The molecule has 4 rings (SSSR count). The van der Waals surface area contributed by atoms with Crippen LogP contribution in [0.4, 0.5) is 0 Å². The second-order valence-corrected chi connectivity index (χ2v) is 7.31. The Kier molecular flexibility index (Phi) is 5.67. The third-order valence-electron chi connectivity index (χ3n) is 5.20. The Morgan fingerprint density at radius 1 is 0.906 bits per heavy atom. The van der Waals surface area contributed by atoms with Gasteiger partial charge >= 0.3 is 0 Å². The van der Waals surface area contributed by atoms with Crippen LogP contribution in [0.25, 0.3) is 22.1 Å². The third kappa shape index (κ3) is 3.72. The Morgan fingerprint density at radius 3 is 2.34 bits per heavy atom. The number of hydrogen-bond donors (Lipinski definition) is 7. The molecule has 2 aromatic carbocycles. The molecule has 7 N–H and O–H groups in total. The second-order valence-electron chi connectivity index (χ2n) is 7.31. The maximum absolute atomic E-state index is 12.9. The van der Waals surface area contributed by atoms with Crippen molar-refractivity contribution in [3.8, 4) is 34.1 Å². The van der Waals surface area contributed by atoms with Gasteiger partial charge < -0.3 is 49.6 Å². The van der Waals surface area contributed by atoms with Gasteiger partial charge in [0.15, 0.2) is 0 Å². The highest BCUT2D eigenvalue weighted by atomic mass is 16.7. The summed E-state index contributed by atoms with van der Waals surface area (Å²) in [7, 11) is 0. The van der Waals surface area contributed by atoms with Gasteiger partial charge in [-0.15, -0.1) is 0 Å². The Bertz CT molecular complexity index is 1200. The molecule has 1 aliphatic rings. The largest absolute Gasteiger partial charge is 0.508 e. The van der Waals surface area contributed by atoms with Crippen molar-refractivity contribution in [2.75, 3.05) is 6.61 Å². The fourth-order valence-corrected chi connectivity index (χ4v) is 3.51. The first-order valence-corrected chi connectivity index (χ1v) is 9.49. The lowest BCUT2D eigenvalue weighted by atomic mass is 9.99. The molecule has 32 heavy (non-hydrogen) atoms. The summed E-state index contributed by atoms with van der Waals surface area (Å²) >= 11 is 0. The van der Waals surface area contributed by atoms with E-state index >= 15 is 0 Å². The van der Waals surface area contributed by atoms with Crippen LogP contribution in [0.15, 0.2) is 45.8 Å². The topological polar surface area (TPSA) is 190 Å². The predicted molar refractivity (Wildman–Crippen MR) is 107 cm³/mol. The molecule has 0 aliphatic carbocycles. The van der Waals surface area contributed by atoms with E-state index in [1.54, 1.807) is 0 Å². The molecule has 0 spiro atoms. The molecule has 2 heterocycles. The normalized spacial score (nSPS) is 25.7. The fourth-order valence-electron chi connectivity index (χ4n) is 3.51. The van der Waals surface area contributed by atoms with Crippen LogP contribution in [-0.2, 0) is 4.74 Å². The number of ether oxygens (including phenoxy) is 2. The van der Waals surface area contributed by atoms with Crippen molar-refractivity contribution in [3.63, 3.8) is 0 Å². The van der Waals surface area contributed by atoms with Gasteiger partial charge in [0.2, 0.25) is 11.7 Å². The molecule has 11 nitrogen and oxygen atoms in total. The molecule has 0 radical (unpaired) electrons. The summed E-state index contributed by atoms with van der Waals surface area (Å²) in [5, 5.41) is 68.7. The smallest absolute Gasteiger partial charge is 0.229 e. The highest BCUT2D eigenvalue weighted by molar-refractivity contribution is 5.88. The third-order valence-corrected chi connectivity index (χ3v) is 5.20. The van der Waals surface area contributed by atoms with Gasteiger partial charge in [0.05, 0.1) is 12.2 Å². The fraction of sp³-hybridized carbons (Fsp3) is 0.286. The summed E-state index contributed by atoms with van der Waals surface area (Å²) in [6, 6.07) is 5.93. The molecule has 1 saturated heterocycles. The minimum Gasteiger partial charge on any atom is -0.508 e. The van der Waals surface area contributed by atoms with Crippen LogP contribution < -0.4 is 10.2 Å². The molecular weight excluding hydrogens is 428 g/mol. The van der Waals surface area contributed by atoms with E-state index in [2.05, 4.69) is 0 Å². The molecule has 1 fully saturated rings. The average molecular weight is 448 g/mol. The molecule has 0 bridgehead atoms. The lowest BCUT2D eigenvalue weighted by Gasteiger charge is -2.39. The molecule has 0 saturated carbocycles. The Hall–Kier alpha value is -3.35. The zero-order chi connectivity index (χ0) is 23.2. The van der Waals surface area contributed by atoms with E-state index in [4.69, 9.17) is 13.9 Å². The number of aliphatic hydroxyl groups is 4. The van der Waals surface area contributed by atoms with Crippen LogP contribution in [0, 0.1) is 0 Å². The van der Waals surface area contributed by atoms with Crippen LogP contribution in [0.3, 0.4) is 0 Å². The molecule has 1 aromatic heterocycles. The van der Waals surface area contributed by atoms with E-state index in [1.807, 2.05) is 0 Å². The Balaban J connectivity index is 1.70. The van der Waals surface area contributed by atoms with E-state index in [-0.39, 0.29) is 39.3 Å².